The quantitative estimate of drug-likeness (QED) is 0.0785. The molecule has 0 bridgehead atoms. The zero-order valence-electron chi connectivity index (χ0n) is 23.9. The van der Waals surface area contributed by atoms with Gasteiger partial charge in [-0.25, -0.2) is 0 Å². The van der Waals surface area contributed by atoms with E-state index in [1.54, 1.807) is 0 Å². The number of allylic oxidation sites excluding steroid dienone is 3. The summed E-state index contributed by atoms with van der Waals surface area (Å²) in [5.41, 5.74) is 1.05. The molecule has 5 nitrogen and oxygen atoms in total. The van der Waals surface area contributed by atoms with E-state index in [1.165, 1.54) is 19.3 Å². The number of hydrogen-bond donors (Lipinski definition) is 0. The molecule has 3 unspecified atom stereocenters. The van der Waals surface area contributed by atoms with Crippen LogP contribution in [0, 0.1) is 11.8 Å². The van der Waals surface area contributed by atoms with E-state index in [0.29, 0.717) is 24.9 Å². The molecule has 7 heteroatoms. The van der Waals surface area contributed by atoms with E-state index in [0.717, 1.165) is 44.2 Å². The number of rotatable bonds is 18. The first-order chi connectivity index (χ1) is 16.4. The van der Waals surface area contributed by atoms with Crippen LogP contribution in [0.3, 0.4) is 0 Å². The van der Waals surface area contributed by atoms with Crippen molar-refractivity contribution in [2.24, 2.45) is 17.0 Å². The standard InChI is InChI=1S/C28H53NO4Si2/c1-9-11-14-17-25(32-34(3,4)5)22-20-24-21-23-27(29-31-10-2)26(24)18-15-12-13-16-19-28(30)33-35(6,7)8/h20-26H,9-19H2,1-8H3. The van der Waals surface area contributed by atoms with Crippen LogP contribution in [0.2, 0.25) is 39.3 Å². The van der Waals surface area contributed by atoms with Crippen LogP contribution in [0.15, 0.2) is 29.5 Å². The van der Waals surface area contributed by atoms with Crippen molar-refractivity contribution in [1.82, 2.24) is 0 Å². The molecular formula is C28H53NO4Si2. The Morgan fingerprint density at radius 2 is 1.71 bits per heavy atom. The fraction of sp³-hybridized carbons (Fsp3) is 0.786. The lowest BCUT2D eigenvalue weighted by atomic mass is 9.88. The van der Waals surface area contributed by atoms with E-state index in [9.17, 15) is 4.79 Å². The van der Waals surface area contributed by atoms with Crippen LogP contribution in [0.4, 0.5) is 0 Å². The van der Waals surface area contributed by atoms with E-state index < -0.39 is 16.6 Å². The SMILES string of the molecule is CCCCCC(C=CC1C=CC(=NOCC)C1CCCCCCC(=O)O[Si](C)(C)C)O[Si](C)(C)C. The van der Waals surface area contributed by atoms with Crippen molar-refractivity contribution in [3.8, 4) is 0 Å². The fourth-order valence-corrected chi connectivity index (χ4v) is 6.21. The smallest absolute Gasteiger partial charge is 0.292 e. The Morgan fingerprint density at radius 1 is 1.00 bits per heavy atom. The van der Waals surface area contributed by atoms with Crippen molar-refractivity contribution in [3.05, 3.63) is 24.3 Å². The second-order valence-electron chi connectivity index (χ2n) is 11.7. The largest absolute Gasteiger partial charge is 0.520 e. The van der Waals surface area contributed by atoms with Crippen LogP contribution in [0.1, 0.15) is 78.1 Å². The van der Waals surface area contributed by atoms with Gasteiger partial charge in [0.15, 0.2) is 8.32 Å². The molecule has 0 N–H and O–H groups in total. The van der Waals surface area contributed by atoms with Gasteiger partial charge in [-0.15, -0.1) is 0 Å². The topological polar surface area (TPSA) is 57.1 Å². The Hall–Kier alpha value is -1.19. The number of oxime groups is 1. The second kappa shape index (κ2) is 16.5. The monoisotopic (exact) mass is 523 g/mol. The van der Waals surface area contributed by atoms with Crippen molar-refractivity contribution in [3.63, 3.8) is 0 Å². The Labute approximate surface area is 218 Å². The summed E-state index contributed by atoms with van der Waals surface area (Å²) in [6.07, 6.45) is 19.9. The molecule has 0 saturated heterocycles. The van der Waals surface area contributed by atoms with Crippen LogP contribution in [-0.2, 0) is 18.5 Å². The second-order valence-corrected chi connectivity index (χ2v) is 20.6. The van der Waals surface area contributed by atoms with Gasteiger partial charge in [0.2, 0.25) is 8.32 Å². The molecule has 0 fully saturated rings. The third kappa shape index (κ3) is 15.5. The summed E-state index contributed by atoms with van der Waals surface area (Å²) in [6.45, 7) is 17.8. The molecule has 0 amide bonds. The van der Waals surface area contributed by atoms with Crippen LogP contribution >= 0.6 is 0 Å². The van der Waals surface area contributed by atoms with Crippen molar-refractivity contribution in [1.29, 1.82) is 0 Å². The number of hydrogen-bond acceptors (Lipinski definition) is 5. The summed E-state index contributed by atoms with van der Waals surface area (Å²) >= 11 is 0. The highest BCUT2D eigenvalue weighted by molar-refractivity contribution is 6.71. The molecule has 0 aromatic heterocycles. The molecule has 0 saturated carbocycles. The van der Waals surface area contributed by atoms with Gasteiger partial charge in [0.1, 0.15) is 6.61 Å². The molecule has 0 radical (unpaired) electrons. The highest BCUT2D eigenvalue weighted by Crippen LogP contribution is 2.30. The van der Waals surface area contributed by atoms with E-state index in [2.05, 4.69) is 75.7 Å². The summed E-state index contributed by atoms with van der Waals surface area (Å²) in [5.74, 6) is 0.646. The van der Waals surface area contributed by atoms with Crippen LogP contribution in [-0.4, -0.2) is 41.0 Å². The van der Waals surface area contributed by atoms with Gasteiger partial charge in [0.05, 0.1) is 11.8 Å². The van der Waals surface area contributed by atoms with Gasteiger partial charge in [-0.05, 0) is 71.5 Å². The molecule has 0 aromatic carbocycles. The summed E-state index contributed by atoms with van der Waals surface area (Å²) < 4.78 is 12.0. The minimum atomic E-state index is -1.77. The predicted octanol–water partition coefficient (Wildman–Crippen LogP) is 8.26. The lowest BCUT2D eigenvalue weighted by Gasteiger charge is -2.25. The fourth-order valence-electron chi connectivity index (χ4n) is 4.32. The zero-order valence-corrected chi connectivity index (χ0v) is 25.9. The average Bonchev–Trinajstić information content (AvgIpc) is 3.12. The first-order valence-electron chi connectivity index (χ1n) is 13.9. The molecule has 1 aliphatic carbocycles. The third-order valence-corrected chi connectivity index (χ3v) is 7.69. The minimum absolute atomic E-state index is 0.0328. The van der Waals surface area contributed by atoms with Crippen molar-refractivity contribution < 1.29 is 18.5 Å². The van der Waals surface area contributed by atoms with Crippen molar-refractivity contribution in [2.45, 2.75) is 123 Å². The molecule has 1 rings (SSSR count). The maximum Gasteiger partial charge on any atom is 0.292 e. The molecule has 0 heterocycles. The Bertz CT molecular complexity index is 692. The highest BCUT2D eigenvalue weighted by Gasteiger charge is 2.28. The predicted molar refractivity (Wildman–Crippen MR) is 154 cm³/mol. The number of unbranched alkanes of at least 4 members (excludes halogenated alkanes) is 5. The number of nitrogens with zero attached hydrogens (tertiary/aromatic N) is 1. The van der Waals surface area contributed by atoms with Gasteiger partial charge in [0, 0.05) is 18.3 Å². The molecule has 202 valence electrons. The van der Waals surface area contributed by atoms with E-state index >= 15 is 0 Å². The Morgan fingerprint density at radius 3 is 2.34 bits per heavy atom. The average molecular weight is 524 g/mol. The first-order valence-corrected chi connectivity index (χ1v) is 20.7. The summed E-state index contributed by atoms with van der Waals surface area (Å²) in [5, 5.41) is 4.41. The molecule has 1 aliphatic rings. The summed E-state index contributed by atoms with van der Waals surface area (Å²) in [7, 11) is -3.38. The van der Waals surface area contributed by atoms with Gasteiger partial charge >= 0.3 is 0 Å². The van der Waals surface area contributed by atoms with E-state index in [4.69, 9.17) is 13.7 Å². The van der Waals surface area contributed by atoms with Gasteiger partial charge in [-0.3, -0.25) is 4.79 Å². The molecule has 0 aliphatic heterocycles. The minimum Gasteiger partial charge on any atom is -0.520 e. The molecule has 0 spiro atoms. The van der Waals surface area contributed by atoms with Gasteiger partial charge in [-0.1, -0.05) is 68.8 Å². The number of carbonyl (C=O) groups is 1. The number of carbonyl (C=O) groups excluding carboxylic acids is 1. The van der Waals surface area contributed by atoms with Crippen LogP contribution in [0.5, 0.6) is 0 Å². The Kier molecular flexibility index (Phi) is 15.0. The lowest BCUT2D eigenvalue weighted by molar-refractivity contribution is -0.135. The third-order valence-electron chi connectivity index (χ3n) is 5.84. The van der Waals surface area contributed by atoms with Gasteiger partial charge < -0.3 is 13.7 Å². The lowest BCUT2D eigenvalue weighted by Crippen LogP contribution is -2.31. The van der Waals surface area contributed by atoms with Crippen LogP contribution in [0.25, 0.3) is 0 Å². The maximum absolute atomic E-state index is 11.9. The van der Waals surface area contributed by atoms with E-state index in [-0.39, 0.29) is 12.1 Å². The van der Waals surface area contributed by atoms with Crippen LogP contribution < -0.4 is 0 Å². The van der Waals surface area contributed by atoms with Gasteiger partial charge in [-0.2, -0.15) is 0 Å². The Balaban J connectivity index is 2.65. The van der Waals surface area contributed by atoms with Crippen molar-refractivity contribution in [2.75, 3.05) is 6.61 Å². The maximum atomic E-state index is 11.9. The van der Waals surface area contributed by atoms with Crippen molar-refractivity contribution >= 4 is 28.3 Å². The summed E-state index contributed by atoms with van der Waals surface area (Å²) in [6, 6.07) is 0. The molecule has 0 aromatic rings. The molecule has 3 atom stereocenters. The summed E-state index contributed by atoms with van der Waals surface area (Å²) in [4.78, 5) is 17.4. The normalized spacial score (nSPS) is 20.6. The highest BCUT2D eigenvalue weighted by atomic mass is 28.4. The molecular weight excluding hydrogens is 470 g/mol. The van der Waals surface area contributed by atoms with Gasteiger partial charge in [0.25, 0.3) is 5.97 Å². The zero-order chi connectivity index (χ0) is 26.3. The molecule has 35 heavy (non-hydrogen) atoms. The van der Waals surface area contributed by atoms with E-state index in [1.807, 2.05) is 6.92 Å². The first kappa shape index (κ1) is 31.8.